The Morgan fingerprint density at radius 3 is 1.08 bits per heavy atom. The van der Waals surface area contributed by atoms with Gasteiger partial charge in [0.05, 0.1) is 0 Å². The number of para-hydroxylation sites is 1. The van der Waals surface area contributed by atoms with Gasteiger partial charge in [0, 0.05) is 29.0 Å². The lowest BCUT2D eigenvalue weighted by Crippen LogP contribution is -2.81. The van der Waals surface area contributed by atoms with Crippen molar-refractivity contribution < 1.29 is 92.4 Å². The van der Waals surface area contributed by atoms with Crippen LogP contribution >= 0.6 is 0 Å². The molecule has 7 aromatic rings. The first-order valence-corrected chi connectivity index (χ1v) is 24.7. The fourth-order valence-corrected chi connectivity index (χ4v) is 10.8. The first-order chi connectivity index (χ1) is 37.0. The van der Waals surface area contributed by atoms with Crippen LogP contribution in [0.15, 0.2) is 66.7 Å². The van der Waals surface area contributed by atoms with Gasteiger partial charge in [-0.3, -0.25) is 0 Å². The predicted octanol–water partition coefficient (Wildman–Crippen LogP) is 14.8. The van der Waals surface area contributed by atoms with Crippen molar-refractivity contribution >= 4 is 38.9 Å². The van der Waals surface area contributed by atoms with Gasteiger partial charge in [-0.25, -0.2) is 87.8 Å². The van der Waals surface area contributed by atoms with Crippen molar-refractivity contribution in [1.82, 2.24) is 0 Å². The zero-order valence-corrected chi connectivity index (χ0v) is 41.0. The summed E-state index contributed by atoms with van der Waals surface area (Å²) in [6.45, 7) is 3.27. The van der Waals surface area contributed by atoms with Gasteiger partial charge in [-0.1, -0.05) is 107 Å². The number of pyridine rings is 1. The molecule has 1 saturated carbocycles. The molecule has 1 aliphatic rings. The molecule has 22 heteroatoms. The molecule has 0 N–H and O–H groups in total. The molecular formula is C56H44BF20N. The molecule has 0 spiro atoms. The second kappa shape index (κ2) is 24.6. The second-order valence-corrected chi connectivity index (χ2v) is 19.2. The van der Waals surface area contributed by atoms with Gasteiger partial charge < -0.3 is 0 Å². The van der Waals surface area contributed by atoms with Crippen LogP contribution in [0, 0.1) is 122 Å². The van der Waals surface area contributed by atoms with Crippen LogP contribution in [0.3, 0.4) is 0 Å². The molecule has 0 radical (unpaired) electrons. The van der Waals surface area contributed by atoms with Gasteiger partial charge in [-0.05, 0) is 43.7 Å². The number of halogens is 20. The maximum Gasteiger partial charge on any atom is 0.212 e. The molecule has 0 atom stereocenters. The van der Waals surface area contributed by atoms with E-state index in [0.29, 0.717) is 5.92 Å². The summed E-state index contributed by atoms with van der Waals surface area (Å²) >= 11 is 0. The minimum absolute atomic E-state index is 0.702. The Balaban J connectivity index is 0.000000237. The van der Waals surface area contributed by atoms with Crippen LogP contribution in [-0.4, -0.2) is 6.15 Å². The zero-order chi connectivity index (χ0) is 57.1. The summed E-state index contributed by atoms with van der Waals surface area (Å²) in [5.74, 6) is -69.7. The van der Waals surface area contributed by atoms with E-state index in [9.17, 15) is 52.7 Å². The van der Waals surface area contributed by atoms with Gasteiger partial charge in [0.15, 0.2) is 82.0 Å². The average Bonchev–Trinajstić information content (AvgIpc) is 3.26. The van der Waals surface area contributed by atoms with Crippen molar-refractivity contribution in [3.05, 3.63) is 194 Å². The number of unbranched alkanes of at least 4 members (excludes halogenated alkanes) is 7. The minimum atomic E-state index is -7.22. The van der Waals surface area contributed by atoms with E-state index in [1.165, 1.54) is 99.9 Å². The van der Waals surface area contributed by atoms with Gasteiger partial charge >= 0.3 is 0 Å². The Morgan fingerprint density at radius 2 is 0.692 bits per heavy atom. The summed E-state index contributed by atoms with van der Waals surface area (Å²) < 4.78 is 297. The molecule has 0 bridgehead atoms. The lowest BCUT2D eigenvalue weighted by molar-refractivity contribution is -0.671. The molecule has 1 heterocycles. The molecular weight excluding hydrogens is 1080 g/mol. The van der Waals surface area contributed by atoms with Crippen LogP contribution in [-0.2, 0) is 6.54 Å². The van der Waals surface area contributed by atoms with Gasteiger partial charge in [0.1, 0.15) is 52.7 Å². The maximum atomic E-state index is 15.4. The Kier molecular flexibility index (Phi) is 18.6. The Morgan fingerprint density at radius 1 is 0.359 bits per heavy atom. The zero-order valence-electron chi connectivity index (χ0n) is 41.0. The highest BCUT2D eigenvalue weighted by atomic mass is 19.2. The summed E-state index contributed by atoms with van der Waals surface area (Å²) in [7, 11) is 0. The molecule has 0 aliphatic heterocycles. The van der Waals surface area contributed by atoms with Crippen molar-refractivity contribution in [1.29, 1.82) is 0 Å². The first-order valence-electron chi connectivity index (χ1n) is 24.7. The average molecular weight is 1120 g/mol. The third-order valence-corrected chi connectivity index (χ3v) is 14.6. The smallest absolute Gasteiger partial charge is 0.207 e. The highest BCUT2D eigenvalue weighted by molar-refractivity contribution is 7.20. The Hall–Kier alpha value is -6.61. The molecule has 1 fully saturated rings. The molecule has 0 saturated heterocycles. The van der Waals surface area contributed by atoms with Crippen molar-refractivity contribution in [2.45, 2.75) is 103 Å². The fourth-order valence-electron chi connectivity index (χ4n) is 10.8. The number of benzene rings is 6. The molecule has 416 valence electrons. The van der Waals surface area contributed by atoms with Crippen LogP contribution in [0.4, 0.5) is 87.8 Å². The molecule has 6 aromatic carbocycles. The highest BCUT2D eigenvalue weighted by Gasteiger charge is 2.52. The van der Waals surface area contributed by atoms with Crippen LogP contribution in [0.25, 0.3) is 10.9 Å². The van der Waals surface area contributed by atoms with E-state index >= 15 is 35.1 Å². The lowest BCUT2D eigenvalue weighted by Gasteiger charge is -2.44. The molecule has 1 aromatic heterocycles. The monoisotopic (exact) mass is 1120 g/mol. The van der Waals surface area contributed by atoms with E-state index in [2.05, 4.69) is 78.2 Å². The van der Waals surface area contributed by atoms with E-state index in [4.69, 9.17) is 0 Å². The van der Waals surface area contributed by atoms with Gasteiger partial charge in [0.25, 0.3) is 0 Å². The Labute approximate surface area is 433 Å². The maximum absolute atomic E-state index is 15.4. The van der Waals surface area contributed by atoms with Gasteiger partial charge in [-0.15, -0.1) is 21.9 Å². The fraction of sp³-hybridized carbons (Fsp3) is 0.304. The predicted molar refractivity (Wildman–Crippen MR) is 251 cm³/mol. The number of nitrogens with zero attached hydrogens (tertiary/aromatic N) is 1. The van der Waals surface area contributed by atoms with Crippen molar-refractivity contribution in [3.63, 3.8) is 0 Å². The molecule has 78 heavy (non-hydrogen) atoms. The highest BCUT2D eigenvalue weighted by Crippen LogP contribution is 2.38. The number of aromatic nitrogens is 1. The summed E-state index contributed by atoms with van der Waals surface area (Å²) in [6.07, 6.45) is 11.3. The van der Waals surface area contributed by atoms with E-state index in [0.717, 1.165) is 12.5 Å². The SMILES string of the molecule is CCCCCCCCCCC1CCC(c2ccc3ccccc3[n+]2Cc2ccccc2)CC1.Fc1c(F)c(F)c([B-](c2c(F)c(F)c(F)c(F)c2F)(c2c(F)c(F)c(F)c(F)c2F)c2c(F)c(F)c(F)c(F)c2F)c(F)c1F. The normalized spacial score (nSPS) is 14.8. The van der Waals surface area contributed by atoms with Crippen LogP contribution in [0.2, 0.25) is 0 Å². The van der Waals surface area contributed by atoms with E-state index in [1.54, 1.807) is 5.69 Å². The molecule has 0 amide bonds. The molecule has 1 aliphatic carbocycles. The van der Waals surface area contributed by atoms with Crippen LogP contribution in [0.1, 0.15) is 108 Å². The third kappa shape index (κ3) is 10.8. The summed E-state index contributed by atoms with van der Waals surface area (Å²) in [4.78, 5) is 0. The standard InChI is InChI=1S/C32H44N.C24BF20/c1-2-3-4-5-6-7-8-10-15-27-20-22-30(23-21-27)32-25-24-29-18-13-14-19-31(29)33(32)26-28-16-11-9-12-17-28;26-5-1(6(27)14(35)21(42)13(5)34)25(2-7(28)15(36)22(43)16(37)8(2)29,3-9(30)17(38)23(44)18(39)10(3)31)4-11(32)19(40)24(45)20(41)12(4)33/h9,11-14,16-19,24-25,27,30H,2-8,10,15,20-23,26H2,1H3;/q+1;-1. The minimum Gasteiger partial charge on any atom is -0.207 e. The quantitative estimate of drug-likeness (QED) is 0.0227. The number of rotatable bonds is 16. The number of hydrogen-bond donors (Lipinski definition) is 0. The number of fused-ring (bicyclic) bond motifs is 1. The van der Waals surface area contributed by atoms with Gasteiger partial charge in [-0.2, -0.15) is 4.57 Å². The summed E-state index contributed by atoms with van der Waals surface area (Å²) in [5, 5.41) is 1.35. The second-order valence-electron chi connectivity index (χ2n) is 19.2. The largest absolute Gasteiger partial charge is 0.212 e. The molecule has 0 unspecified atom stereocenters. The number of hydrogen-bond acceptors (Lipinski definition) is 0. The Bertz CT molecular complexity index is 2960. The van der Waals surface area contributed by atoms with Crippen LogP contribution in [0.5, 0.6) is 0 Å². The topological polar surface area (TPSA) is 3.88 Å². The van der Waals surface area contributed by atoms with E-state index in [-0.39, 0.29) is 0 Å². The lowest BCUT2D eigenvalue weighted by atomic mass is 9.12. The van der Waals surface area contributed by atoms with Crippen molar-refractivity contribution in [3.8, 4) is 0 Å². The van der Waals surface area contributed by atoms with Crippen molar-refractivity contribution in [2.75, 3.05) is 0 Å². The van der Waals surface area contributed by atoms with Crippen molar-refractivity contribution in [2.24, 2.45) is 5.92 Å². The molecule has 1 nitrogen and oxygen atoms in total. The van der Waals surface area contributed by atoms with E-state index < -0.39 is 144 Å². The van der Waals surface area contributed by atoms with Gasteiger partial charge in [0.2, 0.25) is 5.52 Å². The first kappa shape index (κ1) is 59.1. The summed E-state index contributed by atoms with van der Waals surface area (Å²) in [6, 6.07) is 24.6. The van der Waals surface area contributed by atoms with Crippen LogP contribution < -0.4 is 26.4 Å². The summed E-state index contributed by atoms with van der Waals surface area (Å²) in [5.41, 5.74) is -10.0. The third-order valence-electron chi connectivity index (χ3n) is 14.6. The van der Waals surface area contributed by atoms with E-state index in [1.807, 2.05) is 0 Å². The molecule has 8 rings (SSSR count).